The van der Waals surface area contributed by atoms with Crippen molar-refractivity contribution in [3.05, 3.63) is 29.8 Å². The molecule has 0 unspecified atom stereocenters. The minimum Gasteiger partial charge on any atom is -0.494 e. The van der Waals surface area contributed by atoms with E-state index in [0.29, 0.717) is 0 Å². The molecule has 0 aliphatic heterocycles. The van der Waals surface area contributed by atoms with Crippen LogP contribution in [-0.4, -0.2) is 25.9 Å². The molecule has 0 saturated heterocycles. The second-order valence-corrected chi connectivity index (χ2v) is 5.06. The molecule has 0 aliphatic carbocycles. The van der Waals surface area contributed by atoms with Crippen molar-refractivity contribution in [1.82, 2.24) is 5.32 Å². The topological polar surface area (TPSA) is 30.5 Å². The second kappa shape index (κ2) is 7.39. The van der Waals surface area contributed by atoms with Crippen molar-refractivity contribution >= 4 is 0 Å². The van der Waals surface area contributed by atoms with Crippen molar-refractivity contribution in [1.29, 1.82) is 0 Å². The van der Waals surface area contributed by atoms with E-state index < -0.39 is 0 Å². The van der Waals surface area contributed by atoms with Gasteiger partial charge in [-0.15, -0.1) is 0 Å². The monoisotopic (exact) mass is 251 g/mol. The van der Waals surface area contributed by atoms with E-state index in [1.165, 1.54) is 5.56 Å². The van der Waals surface area contributed by atoms with Gasteiger partial charge in [-0.1, -0.05) is 19.1 Å². The van der Waals surface area contributed by atoms with E-state index in [2.05, 4.69) is 38.2 Å². The lowest BCUT2D eigenvalue weighted by molar-refractivity contribution is 0.0230. The van der Waals surface area contributed by atoms with Gasteiger partial charge in [-0.2, -0.15) is 0 Å². The van der Waals surface area contributed by atoms with Gasteiger partial charge in [0.15, 0.2) is 0 Å². The summed E-state index contributed by atoms with van der Waals surface area (Å²) in [7, 11) is 1.74. The van der Waals surface area contributed by atoms with Crippen LogP contribution in [0.15, 0.2) is 24.3 Å². The lowest BCUT2D eigenvalue weighted by Gasteiger charge is -2.23. The summed E-state index contributed by atoms with van der Waals surface area (Å²) < 4.78 is 11.0. The number of benzene rings is 1. The highest BCUT2D eigenvalue weighted by Gasteiger charge is 2.14. The number of hydrogen-bond donors (Lipinski definition) is 1. The second-order valence-electron chi connectivity index (χ2n) is 5.06. The molecule has 0 aromatic heterocycles. The van der Waals surface area contributed by atoms with Crippen molar-refractivity contribution in [3.63, 3.8) is 0 Å². The Morgan fingerprint density at radius 3 is 2.72 bits per heavy atom. The van der Waals surface area contributed by atoms with E-state index in [0.717, 1.165) is 31.9 Å². The van der Waals surface area contributed by atoms with Crippen LogP contribution < -0.4 is 10.1 Å². The molecular weight excluding hydrogens is 226 g/mol. The summed E-state index contributed by atoms with van der Waals surface area (Å²) in [6, 6.07) is 8.22. The predicted molar refractivity (Wildman–Crippen MR) is 75.0 cm³/mol. The summed E-state index contributed by atoms with van der Waals surface area (Å²) in [5.41, 5.74) is 1.10. The highest BCUT2D eigenvalue weighted by atomic mass is 16.5. The quantitative estimate of drug-likeness (QED) is 0.770. The summed E-state index contributed by atoms with van der Waals surface area (Å²) in [4.78, 5) is 0. The summed E-state index contributed by atoms with van der Waals surface area (Å²) in [6.07, 6.45) is 1.03. The molecule has 0 bridgehead atoms. The van der Waals surface area contributed by atoms with Crippen molar-refractivity contribution < 1.29 is 9.47 Å². The third kappa shape index (κ3) is 5.52. The molecule has 1 aromatic rings. The minimum atomic E-state index is -0.129. The van der Waals surface area contributed by atoms with Gasteiger partial charge in [0.05, 0.1) is 12.2 Å². The summed E-state index contributed by atoms with van der Waals surface area (Å²) in [5.74, 6) is 0.946. The van der Waals surface area contributed by atoms with Crippen LogP contribution in [0.5, 0.6) is 5.75 Å². The van der Waals surface area contributed by atoms with Gasteiger partial charge in [-0.25, -0.2) is 0 Å². The number of rotatable bonds is 8. The smallest absolute Gasteiger partial charge is 0.119 e. The highest BCUT2D eigenvalue weighted by molar-refractivity contribution is 5.28. The third-order valence-corrected chi connectivity index (χ3v) is 2.80. The van der Waals surface area contributed by atoms with E-state index in [1.54, 1.807) is 7.11 Å². The highest BCUT2D eigenvalue weighted by Crippen LogP contribution is 2.14. The van der Waals surface area contributed by atoms with Crippen molar-refractivity contribution in [2.75, 3.05) is 20.3 Å². The van der Waals surface area contributed by atoms with Crippen LogP contribution in [0.2, 0.25) is 0 Å². The van der Waals surface area contributed by atoms with Crippen molar-refractivity contribution in [2.24, 2.45) is 0 Å². The van der Waals surface area contributed by atoms with Crippen LogP contribution in [0.25, 0.3) is 0 Å². The molecule has 102 valence electrons. The van der Waals surface area contributed by atoms with Gasteiger partial charge in [0.25, 0.3) is 0 Å². The number of methoxy groups -OCH3 is 1. The first kappa shape index (κ1) is 15.0. The molecule has 1 rings (SSSR count). The average Bonchev–Trinajstić information content (AvgIpc) is 2.37. The first-order valence-corrected chi connectivity index (χ1v) is 6.55. The SMILES string of the molecule is CCCOc1cccc(CNCC(C)(C)OC)c1. The first-order valence-electron chi connectivity index (χ1n) is 6.55. The fourth-order valence-corrected chi connectivity index (χ4v) is 1.55. The molecular formula is C15H25NO2. The molecule has 1 N–H and O–H groups in total. The largest absolute Gasteiger partial charge is 0.494 e. The average molecular weight is 251 g/mol. The van der Waals surface area contributed by atoms with E-state index in [1.807, 2.05) is 12.1 Å². The molecule has 0 spiro atoms. The Hall–Kier alpha value is -1.06. The molecule has 0 amide bonds. The lowest BCUT2D eigenvalue weighted by Crippen LogP contribution is -2.36. The molecule has 0 radical (unpaired) electrons. The molecule has 0 saturated carbocycles. The summed E-state index contributed by atoms with van der Waals surface area (Å²) in [5, 5.41) is 3.40. The van der Waals surface area contributed by atoms with Gasteiger partial charge >= 0.3 is 0 Å². The fraction of sp³-hybridized carbons (Fsp3) is 0.600. The standard InChI is InChI=1S/C15H25NO2/c1-5-9-18-14-8-6-7-13(10-14)11-16-12-15(2,3)17-4/h6-8,10,16H,5,9,11-12H2,1-4H3. The molecule has 0 atom stereocenters. The molecule has 3 nitrogen and oxygen atoms in total. The minimum absolute atomic E-state index is 0.129. The zero-order valence-electron chi connectivity index (χ0n) is 12.0. The van der Waals surface area contributed by atoms with Gasteiger partial charge in [-0.3, -0.25) is 0 Å². The van der Waals surface area contributed by atoms with E-state index >= 15 is 0 Å². The predicted octanol–water partition coefficient (Wildman–Crippen LogP) is 2.99. The van der Waals surface area contributed by atoms with E-state index in [-0.39, 0.29) is 5.60 Å². The van der Waals surface area contributed by atoms with Crippen LogP contribution in [0, 0.1) is 0 Å². The Balaban J connectivity index is 2.42. The Morgan fingerprint density at radius 1 is 1.28 bits per heavy atom. The molecule has 0 aliphatic rings. The number of nitrogens with one attached hydrogen (secondary N) is 1. The van der Waals surface area contributed by atoms with E-state index in [4.69, 9.17) is 9.47 Å². The Morgan fingerprint density at radius 2 is 2.06 bits per heavy atom. The normalized spacial score (nSPS) is 11.6. The number of hydrogen-bond acceptors (Lipinski definition) is 3. The molecule has 0 heterocycles. The Labute approximate surface area is 110 Å². The summed E-state index contributed by atoms with van der Waals surface area (Å²) >= 11 is 0. The van der Waals surface area contributed by atoms with Crippen molar-refractivity contribution in [2.45, 2.75) is 39.3 Å². The van der Waals surface area contributed by atoms with Gasteiger partial charge in [-0.05, 0) is 38.0 Å². The molecule has 1 aromatic carbocycles. The first-order chi connectivity index (χ1) is 8.57. The number of ether oxygens (including phenoxy) is 2. The van der Waals surface area contributed by atoms with Crippen LogP contribution in [-0.2, 0) is 11.3 Å². The van der Waals surface area contributed by atoms with E-state index in [9.17, 15) is 0 Å². The van der Waals surface area contributed by atoms with Gasteiger partial charge in [0.1, 0.15) is 5.75 Å². The zero-order valence-corrected chi connectivity index (χ0v) is 12.0. The van der Waals surface area contributed by atoms with Crippen LogP contribution in [0.4, 0.5) is 0 Å². The van der Waals surface area contributed by atoms with Crippen LogP contribution >= 0.6 is 0 Å². The van der Waals surface area contributed by atoms with Gasteiger partial charge < -0.3 is 14.8 Å². The molecule has 18 heavy (non-hydrogen) atoms. The third-order valence-electron chi connectivity index (χ3n) is 2.80. The molecule has 0 fully saturated rings. The fourth-order valence-electron chi connectivity index (χ4n) is 1.55. The Kier molecular flexibility index (Phi) is 6.16. The van der Waals surface area contributed by atoms with Crippen LogP contribution in [0.3, 0.4) is 0 Å². The lowest BCUT2D eigenvalue weighted by atomic mass is 10.1. The van der Waals surface area contributed by atoms with Gasteiger partial charge in [0, 0.05) is 20.2 Å². The maximum atomic E-state index is 5.61. The maximum Gasteiger partial charge on any atom is 0.119 e. The Bertz CT molecular complexity index is 350. The summed E-state index contributed by atoms with van der Waals surface area (Å²) in [6.45, 7) is 8.67. The molecule has 3 heteroatoms. The van der Waals surface area contributed by atoms with Gasteiger partial charge in [0.2, 0.25) is 0 Å². The van der Waals surface area contributed by atoms with Crippen LogP contribution in [0.1, 0.15) is 32.8 Å². The van der Waals surface area contributed by atoms with Crippen molar-refractivity contribution in [3.8, 4) is 5.75 Å². The zero-order chi connectivity index (χ0) is 13.4. The maximum absolute atomic E-state index is 5.61.